The van der Waals surface area contributed by atoms with Crippen LogP contribution in [-0.4, -0.2) is 32.7 Å². The van der Waals surface area contributed by atoms with Crippen LogP contribution in [0, 0.1) is 0 Å². The number of benzene rings is 1. The highest BCUT2D eigenvalue weighted by Gasteiger charge is 2.31. The quantitative estimate of drug-likeness (QED) is 0.303. The van der Waals surface area contributed by atoms with Gasteiger partial charge in [-0.3, -0.25) is 14.5 Å². The highest BCUT2D eigenvalue weighted by atomic mass is 79.9. The minimum absolute atomic E-state index is 0.130. The summed E-state index contributed by atoms with van der Waals surface area (Å²) >= 11 is 9.99. The first-order chi connectivity index (χ1) is 13.4. The third kappa shape index (κ3) is 5.33. The van der Waals surface area contributed by atoms with Gasteiger partial charge in [0.2, 0.25) is 0 Å². The Hall–Kier alpha value is -1.90. The highest BCUT2D eigenvalue weighted by Crippen LogP contribution is 2.34. The molecular formula is C20H18BrNO4S2. The molecule has 2 heterocycles. The topological polar surface area (TPSA) is 70.8 Å². The lowest BCUT2D eigenvalue weighted by Crippen LogP contribution is -2.29. The number of amides is 1. The lowest BCUT2D eigenvalue weighted by atomic mass is 10.2. The fraction of sp³-hybridized carbons (Fsp3) is 0.250. The smallest absolute Gasteiger partial charge is 0.303 e. The molecule has 1 fully saturated rings. The van der Waals surface area contributed by atoms with E-state index in [0.717, 1.165) is 28.6 Å². The Labute approximate surface area is 180 Å². The molecule has 28 heavy (non-hydrogen) atoms. The third-order valence-corrected chi connectivity index (χ3v) is 6.08. The molecule has 1 aromatic carbocycles. The second-order valence-corrected chi connectivity index (χ2v) is 8.84. The molecule has 0 spiro atoms. The van der Waals surface area contributed by atoms with Crippen LogP contribution < -0.4 is 0 Å². The van der Waals surface area contributed by atoms with E-state index in [-0.39, 0.29) is 12.3 Å². The number of carboxylic acids is 1. The Morgan fingerprint density at radius 1 is 1.18 bits per heavy atom. The Balaban J connectivity index is 1.62. The van der Waals surface area contributed by atoms with E-state index in [1.807, 2.05) is 36.4 Å². The van der Waals surface area contributed by atoms with Crippen LogP contribution in [0.15, 0.2) is 50.2 Å². The molecule has 0 atom stereocenters. The summed E-state index contributed by atoms with van der Waals surface area (Å²) in [6.45, 7) is 0.504. The zero-order chi connectivity index (χ0) is 20.1. The van der Waals surface area contributed by atoms with Gasteiger partial charge in [-0.15, -0.1) is 0 Å². The number of nitrogens with zero attached hydrogens (tertiary/aromatic N) is 1. The average Bonchev–Trinajstić information content (AvgIpc) is 3.22. The summed E-state index contributed by atoms with van der Waals surface area (Å²) in [4.78, 5) is 25.3. The zero-order valence-electron chi connectivity index (χ0n) is 14.9. The first-order valence-electron chi connectivity index (χ1n) is 8.77. The molecule has 8 heteroatoms. The van der Waals surface area contributed by atoms with Crippen molar-refractivity contribution in [1.82, 2.24) is 4.90 Å². The standard InChI is InChI=1S/C20H18BrNO4S2/c21-14-7-5-13(6-8-14)16-10-9-15(26-16)12-17-19(25)22(20(27)28-17)11-3-1-2-4-18(23)24/h5-10,12H,1-4,11H2,(H,23,24)/b17-12-. The number of rotatable bonds is 8. The molecule has 3 rings (SSSR count). The number of unbranched alkanes of at least 4 members (excludes halogenated alkanes) is 2. The Kier molecular flexibility index (Phi) is 7.09. The lowest BCUT2D eigenvalue weighted by molar-refractivity contribution is -0.137. The zero-order valence-corrected chi connectivity index (χ0v) is 18.1. The number of thioether (sulfide) groups is 1. The second-order valence-electron chi connectivity index (χ2n) is 6.25. The predicted octanol–water partition coefficient (Wildman–Crippen LogP) is 5.56. The van der Waals surface area contributed by atoms with Gasteiger partial charge in [0.1, 0.15) is 15.8 Å². The number of aliphatic carboxylic acids is 1. The molecule has 1 N–H and O–H groups in total. The van der Waals surface area contributed by atoms with Crippen molar-refractivity contribution in [2.24, 2.45) is 0 Å². The van der Waals surface area contributed by atoms with Crippen LogP contribution in [0.5, 0.6) is 0 Å². The van der Waals surface area contributed by atoms with Crippen molar-refractivity contribution in [3.8, 4) is 11.3 Å². The van der Waals surface area contributed by atoms with E-state index in [1.165, 1.54) is 11.8 Å². The van der Waals surface area contributed by atoms with Crippen LogP contribution in [-0.2, 0) is 9.59 Å². The molecule has 2 aromatic rings. The number of furan rings is 1. The van der Waals surface area contributed by atoms with E-state index < -0.39 is 5.97 Å². The van der Waals surface area contributed by atoms with E-state index in [2.05, 4.69) is 15.9 Å². The number of hydrogen-bond acceptors (Lipinski definition) is 5. The fourth-order valence-electron chi connectivity index (χ4n) is 2.74. The van der Waals surface area contributed by atoms with E-state index in [0.29, 0.717) is 28.0 Å². The van der Waals surface area contributed by atoms with Gasteiger partial charge in [0, 0.05) is 29.1 Å². The summed E-state index contributed by atoms with van der Waals surface area (Å²) in [5, 5.41) is 8.66. The first kappa shape index (κ1) is 20.8. The SMILES string of the molecule is O=C(O)CCCCCN1C(=O)/C(=C/c2ccc(-c3ccc(Br)cc3)o2)SC1=S. The molecule has 1 aromatic heterocycles. The van der Waals surface area contributed by atoms with Gasteiger partial charge in [0.25, 0.3) is 5.91 Å². The molecule has 0 saturated carbocycles. The molecule has 146 valence electrons. The van der Waals surface area contributed by atoms with Crippen LogP contribution >= 0.6 is 39.9 Å². The van der Waals surface area contributed by atoms with Crippen LogP contribution in [0.2, 0.25) is 0 Å². The minimum Gasteiger partial charge on any atom is -0.481 e. The summed E-state index contributed by atoms with van der Waals surface area (Å²) in [7, 11) is 0. The molecule has 5 nitrogen and oxygen atoms in total. The van der Waals surface area contributed by atoms with E-state index in [1.54, 1.807) is 11.0 Å². The van der Waals surface area contributed by atoms with Gasteiger partial charge in [0.15, 0.2) is 0 Å². The fourth-order valence-corrected chi connectivity index (χ4v) is 4.30. The Morgan fingerprint density at radius 3 is 2.64 bits per heavy atom. The summed E-state index contributed by atoms with van der Waals surface area (Å²) in [5.41, 5.74) is 0.955. The number of thiocarbonyl (C=S) groups is 1. The maximum absolute atomic E-state index is 12.6. The molecule has 1 aliphatic heterocycles. The minimum atomic E-state index is -0.797. The van der Waals surface area contributed by atoms with Crippen molar-refractivity contribution < 1.29 is 19.1 Å². The van der Waals surface area contributed by atoms with Gasteiger partial charge in [-0.1, -0.05) is 58.5 Å². The Morgan fingerprint density at radius 2 is 1.93 bits per heavy atom. The maximum atomic E-state index is 12.6. The Bertz CT molecular complexity index is 921. The molecule has 0 unspecified atom stereocenters. The van der Waals surface area contributed by atoms with E-state index in [9.17, 15) is 9.59 Å². The van der Waals surface area contributed by atoms with Crippen molar-refractivity contribution in [3.63, 3.8) is 0 Å². The van der Waals surface area contributed by atoms with Gasteiger partial charge < -0.3 is 9.52 Å². The maximum Gasteiger partial charge on any atom is 0.303 e. The van der Waals surface area contributed by atoms with Crippen LogP contribution in [0.3, 0.4) is 0 Å². The normalized spacial score (nSPS) is 15.6. The molecular weight excluding hydrogens is 462 g/mol. The first-order valence-corrected chi connectivity index (χ1v) is 10.8. The monoisotopic (exact) mass is 479 g/mol. The average molecular weight is 480 g/mol. The van der Waals surface area contributed by atoms with Crippen molar-refractivity contribution >= 4 is 62.2 Å². The summed E-state index contributed by atoms with van der Waals surface area (Å²) < 4.78 is 7.37. The summed E-state index contributed by atoms with van der Waals surface area (Å²) in [5.74, 6) is 0.400. The largest absolute Gasteiger partial charge is 0.481 e. The van der Waals surface area contributed by atoms with Gasteiger partial charge in [0.05, 0.1) is 4.91 Å². The van der Waals surface area contributed by atoms with Crippen LogP contribution in [0.4, 0.5) is 0 Å². The molecule has 1 amide bonds. The van der Waals surface area contributed by atoms with Crippen molar-refractivity contribution in [1.29, 1.82) is 0 Å². The van der Waals surface area contributed by atoms with Gasteiger partial charge in [-0.25, -0.2) is 0 Å². The van der Waals surface area contributed by atoms with Crippen LogP contribution in [0.1, 0.15) is 31.4 Å². The second kappa shape index (κ2) is 9.54. The van der Waals surface area contributed by atoms with Crippen molar-refractivity contribution in [3.05, 3.63) is 51.5 Å². The summed E-state index contributed by atoms with van der Waals surface area (Å²) in [6, 6.07) is 11.5. The third-order valence-electron chi connectivity index (χ3n) is 4.17. The predicted molar refractivity (Wildman–Crippen MR) is 118 cm³/mol. The number of carboxylic acid groups (broad SMARTS) is 1. The van der Waals surface area contributed by atoms with E-state index >= 15 is 0 Å². The van der Waals surface area contributed by atoms with E-state index in [4.69, 9.17) is 21.7 Å². The number of carbonyl (C=O) groups excluding carboxylic acids is 1. The highest BCUT2D eigenvalue weighted by molar-refractivity contribution is 9.10. The van der Waals surface area contributed by atoms with Crippen molar-refractivity contribution in [2.75, 3.05) is 6.54 Å². The van der Waals surface area contributed by atoms with Crippen LogP contribution in [0.25, 0.3) is 17.4 Å². The number of halogens is 1. The molecule has 0 bridgehead atoms. The summed E-state index contributed by atoms with van der Waals surface area (Å²) in [6.07, 6.45) is 3.94. The van der Waals surface area contributed by atoms with Gasteiger partial charge >= 0.3 is 5.97 Å². The molecule has 0 aliphatic carbocycles. The molecule has 0 radical (unpaired) electrons. The van der Waals surface area contributed by atoms with Gasteiger partial charge in [-0.2, -0.15) is 0 Å². The number of carbonyl (C=O) groups is 2. The molecule has 1 aliphatic rings. The number of hydrogen-bond donors (Lipinski definition) is 1. The van der Waals surface area contributed by atoms with Crippen molar-refractivity contribution in [2.45, 2.75) is 25.7 Å². The molecule has 1 saturated heterocycles. The lowest BCUT2D eigenvalue weighted by Gasteiger charge is -2.13. The van der Waals surface area contributed by atoms with Gasteiger partial charge in [-0.05, 0) is 37.1 Å².